The zero-order valence-electron chi connectivity index (χ0n) is 13.3. The number of hydrogen-bond donors (Lipinski definition) is 1. The van der Waals surface area contributed by atoms with Crippen molar-refractivity contribution in [3.63, 3.8) is 0 Å². The minimum atomic E-state index is 0.747. The monoisotopic (exact) mass is 332 g/mol. The number of para-hydroxylation sites is 1. The van der Waals surface area contributed by atoms with E-state index in [2.05, 4.69) is 66.0 Å². The summed E-state index contributed by atoms with van der Waals surface area (Å²) >= 11 is 6.03. The van der Waals surface area contributed by atoms with Gasteiger partial charge in [0.2, 0.25) is 0 Å². The molecule has 0 aromatic heterocycles. The Morgan fingerprint density at radius 2 is 1.67 bits per heavy atom. The first-order chi connectivity index (χ1) is 11.7. The molecule has 0 amide bonds. The molecule has 24 heavy (non-hydrogen) atoms. The van der Waals surface area contributed by atoms with E-state index in [0.29, 0.717) is 0 Å². The van der Waals surface area contributed by atoms with E-state index >= 15 is 0 Å². The summed E-state index contributed by atoms with van der Waals surface area (Å²) in [7, 11) is 0. The lowest BCUT2D eigenvalue weighted by Crippen LogP contribution is -2.43. The number of nitrogens with zero attached hydrogens (tertiary/aromatic N) is 1. The standard InChI is InChI=1S/C21H17ClN2/c1-15-5-4-6-17-13-23-24(14-20(15)17)21-8-3-2-7-19(21)16-9-11-18(22)12-10-16/h2-14,23H,1H3. The van der Waals surface area contributed by atoms with Gasteiger partial charge in [-0.1, -0.05) is 60.1 Å². The Morgan fingerprint density at radius 1 is 0.875 bits per heavy atom. The first kappa shape index (κ1) is 14.9. The van der Waals surface area contributed by atoms with Crippen molar-refractivity contribution in [1.29, 1.82) is 0 Å². The lowest BCUT2D eigenvalue weighted by Gasteiger charge is -2.26. The van der Waals surface area contributed by atoms with Crippen molar-refractivity contribution in [2.24, 2.45) is 0 Å². The van der Waals surface area contributed by atoms with Crippen LogP contribution in [-0.4, -0.2) is 0 Å². The Kier molecular flexibility index (Phi) is 3.75. The molecular weight excluding hydrogens is 316 g/mol. The van der Waals surface area contributed by atoms with Gasteiger partial charge < -0.3 is 5.43 Å². The molecule has 3 aromatic rings. The molecule has 3 heteroatoms. The molecule has 4 rings (SSSR count). The van der Waals surface area contributed by atoms with E-state index in [9.17, 15) is 0 Å². The molecule has 1 heterocycles. The van der Waals surface area contributed by atoms with Crippen LogP contribution in [0.2, 0.25) is 5.02 Å². The first-order valence-electron chi connectivity index (χ1n) is 7.90. The van der Waals surface area contributed by atoms with Crippen LogP contribution in [0.5, 0.6) is 0 Å². The fraction of sp³-hybridized carbons (Fsp3) is 0.0476. The van der Waals surface area contributed by atoms with E-state index in [1.165, 1.54) is 16.0 Å². The Balaban J connectivity index is 1.84. The fourth-order valence-electron chi connectivity index (χ4n) is 3.01. The molecule has 0 saturated carbocycles. The van der Waals surface area contributed by atoms with Crippen molar-refractivity contribution in [1.82, 2.24) is 5.43 Å². The fourth-order valence-corrected chi connectivity index (χ4v) is 3.13. The van der Waals surface area contributed by atoms with Crippen molar-refractivity contribution < 1.29 is 0 Å². The second-order valence-electron chi connectivity index (χ2n) is 5.87. The van der Waals surface area contributed by atoms with Crippen LogP contribution in [0, 0.1) is 6.92 Å². The molecule has 1 N–H and O–H groups in total. The van der Waals surface area contributed by atoms with E-state index in [1.807, 2.05) is 30.5 Å². The molecule has 1 aliphatic rings. The highest BCUT2D eigenvalue weighted by atomic mass is 35.5. The molecule has 1 aliphatic heterocycles. The number of hydrazine groups is 1. The topological polar surface area (TPSA) is 15.3 Å². The second kappa shape index (κ2) is 6.06. The van der Waals surface area contributed by atoms with Crippen molar-refractivity contribution in [2.45, 2.75) is 6.92 Å². The number of rotatable bonds is 2. The first-order valence-corrected chi connectivity index (χ1v) is 8.28. The van der Waals surface area contributed by atoms with Crippen LogP contribution in [0.25, 0.3) is 23.5 Å². The van der Waals surface area contributed by atoms with Crippen LogP contribution in [0.1, 0.15) is 5.56 Å². The highest BCUT2D eigenvalue weighted by Gasteiger charge is 2.12. The smallest absolute Gasteiger partial charge is 0.0701 e. The molecule has 0 atom stereocenters. The minimum absolute atomic E-state index is 0.747. The number of aryl methyl sites for hydroxylation is 1. The Labute approximate surface area is 146 Å². The van der Waals surface area contributed by atoms with Gasteiger partial charge in [0.1, 0.15) is 0 Å². The van der Waals surface area contributed by atoms with Gasteiger partial charge in [-0.3, -0.25) is 5.01 Å². The van der Waals surface area contributed by atoms with E-state index < -0.39 is 0 Å². The van der Waals surface area contributed by atoms with Crippen molar-refractivity contribution in [3.8, 4) is 11.1 Å². The van der Waals surface area contributed by atoms with Gasteiger partial charge in [0, 0.05) is 33.4 Å². The average Bonchev–Trinajstić information content (AvgIpc) is 2.63. The molecule has 2 nitrogen and oxygen atoms in total. The van der Waals surface area contributed by atoms with Gasteiger partial charge in [-0.25, -0.2) is 0 Å². The van der Waals surface area contributed by atoms with E-state index in [0.717, 1.165) is 21.8 Å². The Hall–Kier alpha value is -2.71. The number of anilines is 1. The van der Waals surface area contributed by atoms with Gasteiger partial charge in [0.25, 0.3) is 0 Å². The Bertz CT molecular complexity index is 1010. The maximum atomic E-state index is 6.03. The number of benzene rings is 3. The summed E-state index contributed by atoms with van der Waals surface area (Å²) in [5, 5.41) is 5.26. The lowest BCUT2D eigenvalue weighted by atomic mass is 10.0. The number of fused-ring (bicyclic) bond motifs is 1. The van der Waals surface area contributed by atoms with Crippen molar-refractivity contribution in [3.05, 3.63) is 87.8 Å². The zero-order chi connectivity index (χ0) is 16.5. The zero-order valence-corrected chi connectivity index (χ0v) is 14.1. The molecular formula is C21H17ClN2. The van der Waals surface area contributed by atoms with Crippen LogP contribution < -0.4 is 20.9 Å². The maximum absolute atomic E-state index is 6.03. The second-order valence-corrected chi connectivity index (χ2v) is 6.31. The minimum Gasteiger partial charge on any atom is -0.301 e. The predicted octanol–water partition coefficient (Wildman–Crippen LogP) is 3.82. The van der Waals surface area contributed by atoms with Gasteiger partial charge in [0.15, 0.2) is 0 Å². The number of hydrogen-bond acceptors (Lipinski definition) is 2. The summed E-state index contributed by atoms with van der Waals surface area (Å²) in [4.78, 5) is 0. The molecule has 0 fully saturated rings. The third kappa shape index (κ3) is 2.66. The van der Waals surface area contributed by atoms with Gasteiger partial charge in [0.05, 0.1) is 5.69 Å². The predicted molar refractivity (Wildman–Crippen MR) is 102 cm³/mol. The normalized spacial score (nSPS) is 12.7. The van der Waals surface area contributed by atoms with Gasteiger partial charge >= 0.3 is 0 Å². The lowest BCUT2D eigenvalue weighted by molar-refractivity contribution is 0.940. The van der Waals surface area contributed by atoms with Crippen LogP contribution in [0.4, 0.5) is 5.69 Å². The summed E-state index contributed by atoms with van der Waals surface area (Å²) in [6.45, 7) is 2.14. The molecule has 0 radical (unpaired) electrons. The highest BCUT2D eigenvalue weighted by molar-refractivity contribution is 6.30. The van der Waals surface area contributed by atoms with E-state index in [-0.39, 0.29) is 0 Å². The molecule has 0 bridgehead atoms. The third-order valence-electron chi connectivity index (χ3n) is 4.29. The van der Waals surface area contributed by atoms with Gasteiger partial charge in [-0.05, 0) is 36.2 Å². The molecule has 118 valence electrons. The molecule has 0 saturated heterocycles. The van der Waals surface area contributed by atoms with Crippen LogP contribution in [0.3, 0.4) is 0 Å². The van der Waals surface area contributed by atoms with Crippen LogP contribution in [-0.2, 0) is 0 Å². The number of halogens is 1. The SMILES string of the molecule is Cc1cccc2c1=CN(c1ccccc1-c1ccc(Cl)cc1)NC=2. The summed E-state index contributed by atoms with van der Waals surface area (Å²) in [6, 6.07) is 22.6. The van der Waals surface area contributed by atoms with Gasteiger partial charge in [-0.2, -0.15) is 0 Å². The quantitative estimate of drug-likeness (QED) is 0.767. The molecule has 0 aliphatic carbocycles. The highest BCUT2D eigenvalue weighted by Crippen LogP contribution is 2.31. The largest absolute Gasteiger partial charge is 0.301 e. The van der Waals surface area contributed by atoms with Crippen LogP contribution in [0.15, 0.2) is 66.7 Å². The maximum Gasteiger partial charge on any atom is 0.0701 e. The van der Waals surface area contributed by atoms with Crippen molar-refractivity contribution >= 4 is 29.7 Å². The average molecular weight is 333 g/mol. The number of nitrogens with one attached hydrogen (secondary N) is 1. The van der Waals surface area contributed by atoms with Crippen LogP contribution >= 0.6 is 11.6 Å². The molecule has 0 spiro atoms. The third-order valence-corrected chi connectivity index (χ3v) is 4.55. The Morgan fingerprint density at radius 3 is 2.50 bits per heavy atom. The summed E-state index contributed by atoms with van der Waals surface area (Å²) in [5.41, 5.74) is 8.03. The summed E-state index contributed by atoms with van der Waals surface area (Å²) < 4.78 is 0. The van der Waals surface area contributed by atoms with Gasteiger partial charge in [-0.15, -0.1) is 0 Å². The van der Waals surface area contributed by atoms with E-state index in [1.54, 1.807) is 0 Å². The summed E-state index contributed by atoms with van der Waals surface area (Å²) in [5.74, 6) is 0. The van der Waals surface area contributed by atoms with E-state index in [4.69, 9.17) is 11.6 Å². The molecule has 0 unspecified atom stereocenters. The summed E-state index contributed by atoms with van der Waals surface area (Å²) in [6.07, 6.45) is 4.19. The molecule has 3 aromatic carbocycles. The van der Waals surface area contributed by atoms with Crippen molar-refractivity contribution in [2.75, 3.05) is 5.01 Å².